The van der Waals surface area contributed by atoms with Crippen LogP contribution in [-0.4, -0.2) is 40.3 Å². The second kappa shape index (κ2) is 6.38. The summed E-state index contributed by atoms with van der Waals surface area (Å²) in [7, 11) is 0. The molecule has 0 amide bonds. The van der Waals surface area contributed by atoms with Crippen molar-refractivity contribution in [3.05, 3.63) is 23.9 Å². The van der Waals surface area contributed by atoms with Crippen molar-refractivity contribution in [3.8, 4) is 0 Å². The molecule has 0 saturated carbocycles. The molecule has 1 saturated heterocycles. The van der Waals surface area contributed by atoms with Crippen LogP contribution < -0.4 is 10.6 Å². The zero-order chi connectivity index (χ0) is 13.7. The third kappa shape index (κ3) is 3.14. The summed E-state index contributed by atoms with van der Waals surface area (Å²) < 4.78 is 0. The molecule has 1 aromatic heterocycles. The smallest absolute Gasteiger partial charge is 0.188 e. The molecule has 0 bridgehead atoms. The molecule has 1 aromatic rings. The molecule has 1 fully saturated rings. The molecule has 2 heterocycles. The fraction of sp³-hybridized carbons (Fsp3) is 0.538. The van der Waals surface area contributed by atoms with Crippen molar-refractivity contribution in [2.24, 2.45) is 10.9 Å². The number of pyridine rings is 1. The van der Waals surface area contributed by atoms with Crippen molar-refractivity contribution in [2.75, 3.05) is 18.1 Å². The largest absolute Gasteiger partial charge is 0.409 e. The summed E-state index contributed by atoms with van der Waals surface area (Å²) in [5.41, 5.74) is 6.01. The molecule has 0 aliphatic carbocycles. The number of rotatable bonds is 3. The molecule has 1 atom stereocenters. The minimum Gasteiger partial charge on any atom is -0.409 e. The summed E-state index contributed by atoms with van der Waals surface area (Å²) in [5.74, 6) is 0.766. The number of aliphatic hydroxyl groups excluding tert-OH is 1. The van der Waals surface area contributed by atoms with Crippen LogP contribution in [0.1, 0.15) is 31.4 Å². The second-order valence-corrected chi connectivity index (χ2v) is 4.75. The van der Waals surface area contributed by atoms with Crippen molar-refractivity contribution in [2.45, 2.75) is 31.7 Å². The van der Waals surface area contributed by atoms with E-state index in [1.807, 2.05) is 12.1 Å². The van der Waals surface area contributed by atoms with Gasteiger partial charge in [-0.2, -0.15) is 0 Å². The van der Waals surface area contributed by atoms with E-state index in [2.05, 4.69) is 15.0 Å². The molecule has 19 heavy (non-hydrogen) atoms. The van der Waals surface area contributed by atoms with Crippen LogP contribution >= 0.6 is 0 Å². The summed E-state index contributed by atoms with van der Waals surface area (Å²) in [6, 6.07) is 5.51. The molecule has 6 nitrogen and oxygen atoms in total. The summed E-state index contributed by atoms with van der Waals surface area (Å²) in [4.78, 5) is 6.52. The van der Waals surface area contributed by atoms with Crippen LogP contribution in [-0.2, 0) is 0 Å². The number of oxime groups is 1. The van der Waals surface area contributed by atoms with Gasteiger partial charge in [0, 0.05) is 6.54 Å². The highest BCUT2D eigenvalue weighted by Gasteiger charge is 2.21. The Morgan fingerprint density at radius 1 is 1.42 bits per heavy atom. The molecule has 0 aromatic carbocycles. The van der Waals surface area contributed by atoms with Crippen molar-refractivity contribution in [1.29, 1.82) is 0 Å². The van der Waals surface area contributed by atoms with Crippen LogP contribution in [0.5, 0.6) is 0 Å². The first kappa shape index (κ1) is 13.6. The number of aromatic nitrogens is 1. The maximum atomic E-state index is 9.51. The molecule has 1 unspecified atom stereocenters. The number of hydrogen-bond acceptors (Lipinski definition) is 5. The highest BCUT2D eigenvalue weighted by Crippen LogP contribution is 2.22. The molecule has 2 rings (SSSR count). The van der Waals surface area contributed by atoms with E-state index >= 15 is 0 Å². The molecule has 1 aliphatic heterocycles. The van der Waals surface area contributed by atoms with Crippen LogP contribution in [0.2, 0.25) is 0 Å². The van der Waals surface area contributed by atoms with Gasteiger partial charge >= 0.3 is 0 Å². The van der Waals surface area contributed by atoms with Crippen molar-refractivity contribution < 1.29 is 10.3 Å². The molecule has 6 heteroatoms. The van der Waals surface area contributed by atoms with E-state index in [0.717, 1.165) is 31.6 Å². The fourth-order valence-corrected chi connectivity index (χ4v) is 2.45. The molecule has 4 N–H and O–H groups in total. The topological polar surface area (TPSA) is 95.0 Å². The van der Waals surface area contributed by atoms with E-state index in [-0.39, 0.29) is 18.5 Å². The van der Waals surface area contributed by atoms with E-state index in [9.17, 15) is 5.11 Å². The zero-order valence-corrected chi connectivity index (χ0v) is 10.9. The van der Waals surface area contributed by atoms with Gasteiger partial charge in [-0.25, -0.2) is 4.98 Å². The Morgan fingerprint density at radius 2 is 2.26 bits per heavy atom. The lowest BCUT2D eigenvalue weighted by Gasteiger charge is -2.29. The van der Waals surface area contributed by atoms with Crippen LogP contribution in [0.25, 0.3) is 0 Å². The number of nitrogens with two attached hydrogens (primary N) is 1. The molecular formula is C13H20N4O2. The van der Waals surface area contributed by atoms with Crippen molar-refractivity contribution in [3.63, 3.8) is 0 Å². The summed E-state index contributed by atoms with van der Waals surface area (Å²) in [6.07, 6.45) is 4.35. The van der Waals surface area contributed by atoms with Gasteiger partial charge in [-0.05, 0) is 25.0 Å². The van der Waals surface area contributed by atoms with Gasteiger partial charge in [0.1, 0.15) is 11.5 Å². The van der Waals surface area contributed by atoms with Crippen molar-refractivity contribution >= 4 is 11.7 Å². The van der Waals surface area contributed by atoms with E-state index in [1.165, 1.54) is 6.42 Å². The van der Waals surface area contributed by atoms with E-state index in [1.54, 1.807) is 6.07 Å². The highest BCUT2D eigenvalue weighted by molar-refractivity contribution is 5.95. The lowest BCUT2D eigenvalue weighted by atomic mass is 10.1. The Morgan fingerprint density at radius 3 is 3.00 bits per heavy atom. The second-order valence-electron chi connectivity index (χ2n) is 4.75. The Balaban J connectivity index is 2.28. The number of aliphatic hydroxyl groups is 1. The zero-order valence-electron chi connectivity index (χ0n) is 10.9. The summed E-state index contributed by atoms with van der Waals surface area (Å²) in [5, 5.41) is 21.2. The Labute approximate surface area is 112 Å². The summed E-state index contributed by atoms with van der Waals surface area (Å²) >= 11 is 0. The first-order chi connectivity index (χ1) is 9.26. The number of nitrogens with zero attached hydrogens (tertiary/aromatic N) is 3. The van der Waals surface area contributed by atoms with Crippen LogP contribution in [0.3, 0.4) is 0 Å². The van der Waals surface area contributed by atoms with Gasteiger partial charge in [-0.1, -0.05) is 24.1 Å². The van der Waals surface area contributed by atoms with Gasteiger partial charge in [0.05, 0.1) is 12.6 Å². The first-order valence-electron chi connectivity index (χ1n) is 6.58. The minimum atomic E-state index is -0.00257. The Hall–Kier alpha value is -1.82. The molecular weight excluding hydrogens is 244 g/mol. The number of amidine groups is 1. The van der Waals surface area contributed by atoms with Crippen LogP contribution in [0.15, 0.2) is 23.4 Å². The Kier molecular flexibility index (Phi) is 4.57. The highest BCUT2D eigenvalue weighted by atomic mass is 16.4. The van der Waals surface area contributed by atoms with Gasteiger partial charge in [0.15, 0.2) is 5.84 Å². The maximum absolute atomic E-state index is 9.51. The van der Waals surface area contributed by atoms with Gasteiger partial charge < -0.3 is 20.9 Å². The predicted octanol–water partition coefficient (Wildman–Crippen LogP) is 0.917. The van der Waals surface area contributed by atoms with Crippen LogP contribution in [0.4, 0.5) is 5.82 Å². The lowest BCUT2D eigenvalue weighted by Crippen LogP contribution is -2.38. The SMILES string of the molecule is N/C(=N/O)c1cccc(N2CCCCCC2CO)n1. The van der Waals surface area contributed by atoms with Crippen LogP contribution in [0, 0.1) is 0 Å². The average molecular weight is 264 g/mol. The molecule has 0 radical (unpaired) electrons. The van der Waals surface area contributed by atoms with E-state index < -0.39 is 0 Å². The monoisotopic (exact) mass is 264 g/mol. The van der Waals surface area contributed by atoms with E-state index in [4.69, 9.17) is 10.9 Å². The number of hydrogen-bond donors (Lipinski definition) is 3. The lowest BCUT2D eigenvalue weighted by molar-refractivity contribution is 0.254. The summed E-state index contributed by atoms with van der Waals surface area (Å²) in [6.45, 7) is 0.993. The molecule has 104 valence electrons. The average Bonchev–Trinajstić information content (AvgIpc) is 2.71. The minimum absolute atomic E-state index is 0.00257. The third-order valence-electron chi connectivity index (χ3n) is 3.49. The predicted molar refractivity (Wildman–Crippen MR) is 73.4 cm³/mol. The quantitative estimate of drug-likeness (QED) is 0.326. The maximum Gasteiger partial charge on any atom is 0.188 e. The van der Waals surface area contributed by atoms with Gasteiger partial charge in [-0.3, -0.25) is 0 Å². The van der Waals surface area contributed by atoms with E-state index in [0.29, 0.717) is 5.69 Å². The Bertz CT molecular complexity index is 450. The fourth-order valence-electron chi connectivity index (χ4n) is 2.45. The molecule has 1 aliphatic rings. The number of anilines is 1. The van der Waals surface area contributed by atoms with Gasteiger partial charge in [0.25, 0.3) is 0 Å². The third-order valence-corrected chi connectivity index (χ3v) is 3.49. The standard InChI is InChI=1S/C13H20N4O2/c14-13(16-19)11-6-4-7-12(15-11)17-8-3-1-2-5-10(17)9-18/h4,6-7,10,18-19H,1-3,5,8-9H2,(H2,14,16). The normalized spacial score (nSPS) is 21.2. The van der Waals surface area contributed by atoms with Crippen molar-refractivity contribution in [1.82, 2.24) is 4.98 Å². The van der Waals surface area contributed by atoms with Gasteiger partial charge in [0.2, 0.25) is 0 Å². The first-order valence-corrected chi connectivity index (χ1v) is 6.58. The molecule has 0 spiro atoms. The van der Waals surface area contributed by atoms with Gasteiger partial charge in [-0.15, -0.1) is 0 Å².